The van der Waals surface area contributed by atoms with E-state index in [-0.39, 0.29) is 18.5 Å². The first kappa shape index (κ1) is 16.0. The minimum atomic E-state index is -0.659. The van der Waals surface area contributed by atoms with Gasteiger partial charge < -0.3 is 15.3 Å². The molecule has 0 unspecified atom stereocenters. The number of amides is 1. The summed E-state index contributed by atoms with van der Waals surface area (Å²) in [7, 11) is 1.77. The normalized spacial score (nSPS) is 11.8. The zero-order valence-electron chi connectivity index (χ0n) is 12.3. The summed E-state index contributed by atoms with van der Waals surface area (Å²) in [4.78, 5) is 13.5. The molecule has 1 aromatic rings. The van der Waals surface area contributed by atoms with Crippen LogP contribution in [0.1, 0.15) is 38.0 Å². The lowest BCUT2D eigenvalue weighted by Gasteiger charge is -2.24. The maximum absolute atomic E-state index is 11.8. The van der Waals surface area contributed by atoms with Gasteiger partial charge >= 0.3 is 0 Å². The van der Waals surface area contributed by atoms with Crippen molar-refractivity contribution in [2.75, 3.05) is 18.5 Å². The molecule has 20 heavy (non-hydrogen) atoms. The lowest BCUT2D eigenvalue weighted by Crippen LogP contribution is -2.38. The number of carbonyl (C=O) groups is 1. The summed E-state index contributed by atoms with van der Waals surface area (Å²) >= 11 is 0. The second kappa shape index (κ2) is 6.92. The van der Waals surface area contributed by atoms with E-state index in [4.69, 9.17) is 5.26 Å². The van der Waals surface area contributed by atoms with E-state index in [1.54, 1.807) is 37.1 Å². The molecule has 0 saturated heterocycles. The fourth-order valence-electron chi connectivity index (χ4n) is 1.97. The topological polar surface area (TPSA) is 76.4 Å². The Morgan fingerprint density at radius 3 is 2.60 bits per heavy atom. The van der Waals surface area contributed by atoms with Crippen LogP contribution in [-0.2, 0) is 4.79 Å². The highest BCUT2D eigenvalue weighted by atomic mass is 16.3. The number of benzene rings is 1. The first-order valence-corrected chi connectivity index (χ1v) is 6.57. The molecule has 0 aliphatic carbocycles. The second-order valence-electron chi connectivity index (χ2n) is 5.14. The number of nitriles is 1. The molecule has 1 aromatic carbocycles. The van der Waals surface area contributed by atoms with E-state index in [9.17, 15) is 9.90 Å². The lowest BCUT2D eigenvalue weighted by molar-refractivity contribution is -0.120. The summed E-state index contributed by atoms with van der Waals surface area (Å²) in [6, 6.07) is 7.21. The van der Waals surface area contributed by atoms with E-state index in [1.807, 2.05) is 13.8 Å². The molecule has 0 aromatic heterocycles. The number of likely N-dealkylation sites (N-methyl/N-ethyl adjacent to an activating group) is 1. The Balaban J connectivity index is 2.98. The second-order valence-corrected chi connectivity index (χ2v) is 5.14. The molecule has 0 bridgehead atoms. The van der Waals surface area contributed by atoms with Gasteiger partial charge in [0.1, 0.15) is 0 Å². The molecular formula is C15H21N3O2. The average molecular weight is 275 g/mol. The van der Waals surface area contributed by atoms with Crippen LogP contribution in [0.15, 0.2) is 18.2 Å². The molecule has 2 N–H and O–H groups in total. The first-order chi connectivity index (χ1) is 9.35. The van der Waals surface area contributed by atoms with Crippen molar-refractivity contribution in [1.29, 1.82) is 5.26 Å². The van der Waals surface area contributed by atoms with Crippen LogP contribution in [0, 0.1) is 11.3 Å². The minimum absolute atomic E-state index is 0.0811. The highest BCUT2D eigenvalue weighted by molar-refractivity contribution is 5.82. The average Bonchev–Trinajstić information content (AvgIpc) is 2.36. The van der Waals surface area contributed by atoms with Gasteiger partial charge in [0, 0.05) is 24.3 Å². The number of aliphatic hydroxyl groups excluding tert-OH is 1. The molecule has 1 atom stereocenters. The number of aliphatic hydroxyl groups is 1. The zero-order chi connectivity index (χ0) is 15.3. The van der Waals surface area contributed by atoms with Gasteiger partial charge in [-0.05, 0) is 32.9 Å². The number of anilines is 1. The maximum atomic E-state index is 11.8. The van der Waals surface area contributed by atoms with Crippen molar-refractivity contribution in [3.8, 4) is 6.07 Å². The van der Waals surface area contributed by atoms with Gasteiger partial charge in [0.05, 0.1) is 24.3 Å². The van der Waals surface area contributed by atoms with Crippen LogP contribution in [0.4, 0.5) is 5.69 Å². The van der Waals surface area contributed by atoms with Crippen molar-refractivity contribution in [1.82, 2.24) is 5.32 Å². The summed E-state index contributed by atoms with van der Waals surface area (Å²) in [5.41, 5.74) is 1.89. The fourth-order valence-corrected chi connectivity index (χ4v) is 1.97. The Morgan fingerprint density at radius 2 is 2.10 bits per heavy atom. The third-order valence-corrected chi connectivity index (χ3v) is 2.85. The van der Waals surface area contributed by atoms with E-state index < -0.39 is 6.10 Å². The Kier molecular flexibility index (Phi) is 5.53. The van der Waals surface area contributed by atoms with Gasteiger partial charge in [-0.15, -0.1) is 0 Å². The van der Waals surface area contributed by atoms with Crippen molar-refractivity contribution in [2.24, 2.45) is 0 Å². The highest BCUT2D eigenvalue weighted by Crippen LogP contribution is 2.26. The van der Waals surface area contributed by atoms with Crippen molar-refractivity contribution < 1.29 is 9.90 Å². The molecule has 0 heterocycles. The summed E-state index contributed by atoms with van der Waals surface area (Å²) in [5, 5.41) is 21.6. The molecule has 0 spiro atoms. The Hall–Kier alpha value is -2.06. The molecule has 0 aliphatic rings. The summed E-state index contributed by atoms with van der Waals surface area (Å²) in [5.74, 6) is -0.0959. The standard InChI is InChI=1S/C15H21N3O2/c1-10(2)17-15(20)9-18(4)14-7-12(8-16)5-6-13(14)11(3)19/h5-7,10-11,19H,9H2,1-4H3,(H,17,20)/t11-/m1/s1. The molecule has 1 amide bonds. The predicted octanol–water partition coefficient (Wildman–Crippen LogP) is 1.57. The third-order valence-electron chi connectivity index (χ3n) is 2.85. The summed E-state index contributed by atoms with van der Waals surface area (Å²) in [6.45, 7) is 5.63. The monoisotopic (exact) mass is 275 g/mol. The number of rotatable bonds is 5. The molecule has 1 rings (SSSR count). The summed E-state index contributed by atoms with van der Waals surface area (Å²) in [6.07, 6.45) is -0.659. The van der Waals surface area contributed by atoms with Crippen LogP contribution in [0.2, 0.25) is 0 Å². The smallest absolute Gasteiger partial charge is 0.239 e. The van der Waals surface area contributed by atoms with Gasteiger partial charge in [0.15, 0.2) is 0 Å². The molecule has 0 fully saturated rings. The number of nitrogens with zero attached hydrogens (tertiary/aromatic N) is 2. The maximum Gasteiger partial charge on any atom is 0.239 e. The fraction of sp³-hybridized carbons (Fsp3) is 0.467. The van der Waals surface area contributed by atoms with Crippen molar-refractivity contribution in [3.63, 3.8) is 0 Å². The van der Waals surface area contributed by atoms with E-state index >= 15 is 0 Å². The molecule has 0 radical (unpaired) electrons. The van der Waals surface area contributed by atoms with Crippen LogP contribution in [0.25, 0.3) is 0 Å². The quantitative estimate of drug-likeness (QED) is 0.855. The highest BCUT2D eigenvalue weighted by Gasteiger charge is 2.15. The SMILES string of the molecule is CC(C)NC(=O)CN(C)c1cc(C#N)ccc1[C@@H](C)O. The minimum Gasteiger partial charge on any atom is -0.389 e. The van der Waals surface area contributed by atoms with Crippen LogP contribution in [-0.4, -0.2) is 30.6 Å². The van der Waals surface area contributed by atoms with Gasteiger partial charge in [-0.25, -0.2) is 0 Å². The van der Waals surface area contributed by atoms with Gasteiger partial charge in [-0.3, -0.25) is 4.79 Å². The van der Waals surface area contributed by atoms with Crippen LogP contribution < -0.4 is 10.2 Å². The van der Waals surface area contributed by atoms with Gasteiger partial charge in [-0.2, -0.15) is 5.26 Å². The lowest BCUT2D eigenvalue weighted by atomic mass is 10.0. The van der Waals surface area contributed by atoms with Crippen molar-refractivity contribution in [2.45, 2.75) is 32.9 Å². The van der Waals surface area contributed by atoms with Gasteiger partial charge in [-0.1, -0.05) is 6.07 Å². The van der Waals surface area contributed by atoms with E-state index in [0.29, 0.717) is 16.8 Å². The first-order valence-electron chi connectivity index (χ1n) is 6.57. The van der Waals surface area contributed by atoms with E-state index in [1.165, 1.54) is 0 Å². The van der Waals surface area contributed by atoms with Gasteiger partial charge in [0.2, 0.25) is 5.91 Å². The number of nitrogens with one attached hydrogen (secondary N) is 1. The molecule has 108 valence electrons. The molecule has 0 saturated carbocycles. The summed E-state index contributed by atoms with van der Waals surface area (Å²) < 4.78 is 0. The Morgan fingerprint density at radius 1 is 1.45 bits per heavy atom. The molecule has 5 heteroatoms. The zero-order valence-corrected chi connectivity index (χ0v) is 12.3. The molecule has 5 nitrogen and oxygen atoms in total. The van der Waals surface area contributed by atoms with Crippen molar-refractivity contribution >= 4 is 11.6 Å². The van der Waals surface area contributed by atoms with E-state index in [2.05, 4.69) is 11.4 Å². The third kappa shape index (κ3) is 4.25. The van der Waals surface area contributed by atoms with E-state index in [0.717, 1.165) is 0 Å². The van der Waals surface area contributed by atoms with Crippen LogP contribution >= 0.6 is 0 Å². The van der Waals surface area contributed by atoms with Crippen molar-refractivity contribution in [3.05, 3.63) is 29.3 Å². The number of carbonyl (C=O) groups excluding carboxylic acids is 1. The molecule has 0 aliphatic heterocycles. The van der Waals surface area contributed by atoms with Crippen LogP contribution in [0.3, 0.4) is 0 Å². The Bertz CT molecular complexity index is 518. The number of hydrogen-bond donors (Lipinski definition) is 2. The number of hydrogen-bond acceptors (Lipinski definition) is 4. The largest absolute Gasteiger partial charge is 0.389 e. The van der Waals surface area contributed by atoms with Crippen LogP contribution in [0.5, 0.6) is 0 Å². The molecular weight excluding hydrogens is 254 g/mol. The Labute approximate surface area is 119 Å². The van der Waals surface area contributed by atoms with Gasteiger partial charge in [0.25, 0.3) is 0 Å². The predicted molar refractivity (Wildman–Crippen MR) is 78.3 cm³/mol.